The molecule has 3 aromatic rings. The van der Waals surface area contributed by atoms with E-state index in [9.17, 15) is 4.79 Å². The van der Waals surface area contributed by atoms with Gasteiger partial charge in [0.05, 0.1) is 32.5 Å². The van der Waals surface area contributed by atoms with Crippen molar-refractivity contribution in [3.05, 3.63) is 80.5 Å². The van der Waals surface area contributed by atoms with E-state index in [1.165, 1.54) is 14.2 Å². The van der Waals surface area contributed by atoms with Crippen molar-refractivity contribution in [3.63, 3.8) is 0 Å². The Bertz CT molecular complexity index is 1400. The molecule has 2 heterocycles. The zero-order valence-corrected chi connectivity index (χ0v) is 22.1. The lowest BCUT2D eigenvalue weighted by molar-refractivity contribution is 0.0950. The molecule has 0 N–H and O–H groups in total. The van der Waals surface area contributed by atoms with E-state index in [2.05, 4.69) is 4.90 Å². The number of nitrogens with zero attached hydrogens (tertiary/aromatic N) is 1. The van der Waals surface area contributed by atoms with Crippen LogP contribution in [0.5, 0.6) is 28.7 Å². The maximum Gasteiger partial charge on any atom is 0.231 e. The lowest BCUT2D eigenvalue weighted by Gasteiger charge is -2.29. The molecular formula is C28H25Cl2NO6. The van der Waals surface area contributed by atoms with Crippen molar-refractivity contribution in [3.8, 4) is 28.7 Å². The molecule has 0 radical (unpaired) electrons. The summed E-state index contributed by atoms with van der Waals surface area (Å²) in [5.41, 5.74) is 2.97. The van der Waals surface area contributed by atoms with Gasteiger partial charge in [0, 0.05) is 28.7 Å². The second kappa shape index (κ2) is 10.5. The smallest absolute Gasteiger partial charge is 0.231 e. The maximum absolute atomic E-state index is 13.3. The van der Waals surface area contributed by atoms with Crippen LogP contribution in [0.3, 0.4) is 0 Å². The Balaban J connectivity index is 1.39. The highest BCUT2D eigenvalue weighted by molar-refractivity contribution is 6.35. The Kier molecular flexibility index (Phi) is 7.20. The van der Waals surface area contributed by atoms with Gasteiger partial charge >= 0.3 is 0 Å². The van der Waals surface area contributed by atoms with Gasteiger partial charge in [-0.1, -0.05) is 29.3 Å². The van der Waals surface area contributed by atoms with Gasteiger partial charge < -0.3 is 23.7 Å². The minimum atomic E-state index is -0.209. The predicted molar refractivity (Wildman–Crippen MR) is 142 cm³/mol. The first-order valence-corrected chi connectivity index (χ1v) is 12.4. The quantitative estimate of drug-likeness (QED) is 0.338. The molecule has 0 saturated heterocycles. The number of carbonyl (C=O) groups is 1. The third-order valence-electron chi connectivity index (χ3n) is 6.42. The first kappa shape index (κ1) is 25.3. The second-order valence-corrected chi connectivity index (χ2v) is 9.44. The Morgan fingerprint density at radius 3 is 2.54 bits per heavy atom. The molecule has 0 aromatic heterocycles. The van der Waals surface area contributed by atoms with Crippen LogP contribution in [0.2, 0.25) is 10.0 Å². The van der Waals surface area contributed by atoms with E-state index in [0.29, 0.717) is 69.7 Å². The van der Waals surface area contributed by atoms with Gasteiger partial charge in [-0.2, -0.15) is 0 Å². The van der Waals surface area contributed by atoms with Crippen LogP contribution >= 0.6 is 23.2 Å². The van der Waals surface area contributed by atoms with E-state index in [4.69, 9.17) is 46.9 Å². The average Bonchev–Trinajstić information content (AvgIpc) is 3.23. The van der Waals surface area contributed by atoms with Crippen LogP contribution in [-0.4, -0.2) is 45.3 Å². The van der Waals surface area contributed by atoms with Gasteiger partial charge in [0.2, 0.25) is 11.5 Å². The summed E-state index contributed by atoms with van der Waals surface area (Å²) < 4.78 is 28.5. The van der Waals surface area contributed by atoms with Crippen LogP contribution in [0, 0.1) is 0 Å². The molecule has 0 unspecified atom stereocenters. The summed E-state index contributed by atoms with van der Waals surface area (Å²) >= 11 is 12.4. The summed E-state index contributed by atoms with van der Waals surface area (Å²) in [6, 6.07) is 12.6. The van der Waals surface area contributed by atoms with Crippen molar-refractivity contribution in [2.24, 2.45) is 0 Å². The lowest BCUT2D eigenvalue weighted by Crippen LogP contribution is -2.33. The fraction of sp³-hybridized carbons (Fsp3) is 0.250. The molecule has 5 rings (SSSR count). The molecule has 0 amide bonds. The normalized spacial score (nSPS) is 15.6. The Morgan fingerprint density at radius 1 is 1.00 bits per heavy atom. The molecule has 192 valence electrons. The zero-order valence-electron chi connectivity index (χ0n) is 20.6. The monoisotopic (exact) mass is 541 g/mol. The van der Waals surface area contributed by atoms with Gasteiger partial charge in [-0.15, -0.1) is 0 Å². The van der Waals surface area contributed by atoms with E-state index in [1.54, 1.807) is 37.5 Å². The summed E-state index contributed by atoms with van der Waals surface area (Å²) in [6.45, 7) is 1.71. The number of allylic oxidation sites excluding steroid dienone is 1. The van der Waals surface area contributed by atoms with Gasteiger partial charge in [0.25, 0.3) is 0 Å². The molecule has 0 atom stereocenters. The number of rotatable bonds is 7. The van der Waals surface area contributed by atoms with Gasteiger partial charge in [-0.05, 0) is 54.5 Å². The summed E-state index contributed by atoms with van der Waals surface area (Å²) in [7, 11) is 4.61. The predicted octanol–water partition coefficient (Wildman–Crippen LogP) is 6.03. The number of fused-ring (bicyclic) bond motifs is 3. The van der Waals surface area contributed by atoms with E-state index >= 15 is 0 Å². The van der Waals surface area contributed by atoms with Gasteiger partial charge in [0.15, 0.2) is 17.3 Å². The van der Waals surface area contributed by atoms with Crippen LogP contribution in [0.25, 0.3) is 6.08 Å². The standard InChI is InChI=1S/C28H25Cl2NO6/c1-33-23-8-5-17(26(34-2)28(23)35-3)12-24-25(32)19-7-9-22-20(27(19)37-24)14-31(15-36-22)11-10-16-4-6-18(29)13-21(16)30/h4-9,12-13H,10-11,14-15H2,1-3H3/b24-12-. The molecule has 0 aliphatic carbocycles. The summed E-state index contributed by atoms with van der Waals surface area (Å²) in [5.74, 6) is 2.61. The first-order valence-electron chi connectivity index (χ1n) is 11.6. The summed E-state index contributed by atoms with van der Waals surface area (Å²) in [5, 5.41) is 1.25. The van der Waals surface area contributed by atoms with Crippen LogP contribution in [0.15, 0.2) is 48.2 Å². The van der Waals surface area contributed by atoms with E-state index < -0.39 is 0 Å². The molecule has 37 heavy (non-hydrogen) atoms. The third kappa shape index (κ3) is 4.82. The van der Waals surface area contributed by atoms with Crippen molar-refractivity contribution in [2.75, 3.05) is 34.6 Å². The number of ether oxygens (including phenoxy) is 5. The van der Waals surface area contributed by atoms with E-state index in [1.807, 2.05) is 18.2 Å². The van der Waals surface area contributed by atoms with E-state index in [0.717, 1.165) is 17.5 Å². The van der Waals surface area contributed by atoms with Crippen LogP contribution in [0.4, 0.5) is 0 Å². The summed E-state index contributed by atoms with van der Waals surface area (Å²) in [4.78, 5) is 15.4. The zero-order chi connectivity index (χ0) is 26.1. The van der Waals surface area contributed by atoms with Crippen molar-refractivity contribution in [1.82, 2.24) is 4.90 Å². The highest BCUT2D eigenvalue weighted by Crippen LogP contribution is 2.44. The topological polar surface area (TPSA) is 66.5 Å². The van der Waals surface area contributed by atoms with Crippen LogP contribution < -0.4 is 23.7 Å². The fourth-order valence-electron chi connectivity index (χ4n) is 4.53. The highest BCUT2D eigenvalue weighted by atomic mass is 35.5. The van der Waals surface area contributed by atoms with Crippen molar-refractivity contribution >= 4 is 35.1 Å². The minimum Gasteiger partial charge on any atom is -0.493 e. The van der Waals surface area contributed by atoms with Crippen molar-refractivity contribution < 1.29 is 28.5 Å². The number of Topliss-reactive ketones (excluding diaryl/α,β-unsaturated/α-hetero) is 1. The van der Waals surface area contributed by atoms with Gasteiger partial charge in [-0.3, -0.25) is 9.69 Å². The molecule has 2 aliphatic heterocycles. The number of ketones is 1. The summed E-state index contributed by atoms with van der Waals surface area (Å²) in [6.07, 6.45) is 2.38. The Morgan fingerprint density at radius 2 is 1.81 bits per heavy atom. The van der Waals surface area contributed by atoms with Crippen molar-refractivity contribution in [2.45, 2.75) is 13.0 Å². The number of hydrogen-bond donors (Lipinski definition) is 0. The van der Waals surface area contributed by atoms with Crippen LogP contribution in [-0.2, 0) is 13.0 Å². The number of methoxy groups -OCH3 is 3. The number of hydrogen-bond acceptors (Lipinski definition) is 7. The molecule has 2 aliphatic rings. The first-order chi connectivity index (χ1) is 17.9. The van der Waals surface area contributed by atoms with Gasteiger partial charge in [0.1, 0.15) is 18.2 Å². The molecular weight excluding hydrogens is 517 g/mol. The number of carbonyl (C=O) groups excluding carboxylic acids is 1. The molecule has 9 heteroatoms. The molecule has 3 aromatic carbocycles. The molecule has 7 nitrogen and oxygen atoms in total. The largest absolute Gasteiger partial charge is 0.493 e. The number of benzene rings is 3. The minimum absolute atomic E-state index is 0.194. The van der Waals surface area contributed by atoms with Gasteiger partial charge in [-0.25, -0.2) is 0 Å². The number of halogens is 2. The average molecular weight is 542 g/mol. The van der Waals surface area contributed by atoms with Crippen LogP contribution in [0.1, 0.15) is 27.0 Å². The second-order valence-electron chi connectivity index (χ2n) is 8.59. The maximum atomic E-state index is 13.3. The molecule has 0 saturated carbocycles. The van der Waals surface area contributed by atoms with Crippen molar-refractivity contribution in [1.29, 1.82) is 0 Å². The highest BCUT2D eigenvalue weighted by Gasteiger charge is 2.34. The Hall–Kier alpha value is -3.39. The Labute approximate surface area is 225 Å². The fourth-order valence-corrected chi connectivity index (χ4v) is 5.03. The molecule has 0 fully saturated rings. The SMILES string of the molecule is COc1ccc(/C=C2\Oc3c(ccc4c3CN(CCc3ccc(Cl)cc3Cl)CO4)C2=O)c(OC)c1OC. The molecule has 0 spiro atoms. The molecule has 0 bridgehead atoms. The lowest BCUT2D eigenvalue weighted by atomic mass is 10.0. The third-order valence-corrected chi connectivity index (χ3v) is 7.00. The van der Waals surface area contributed by atoms with E-state index in [-0.39, 0.29) is 11.5 Å².